The van der Waals surface area contributed by atoms with Crippen molar-refractivity contribution in [2.24, 2.45) is 5.92 Å². The molecule has 1 nitrogen and oxygen atoms in total. The summed E-state index contributed by atoms with van der Waals surface area (Å²) in [5, 5.41) is 3.42. The maximum absolute atomic E-state index is 13.3. The van der Waals surface area contributed by atoms with Crippen molar-refractivity contribution in [2.75, 3.05) is 13.1 Å². The fourth-order valence-corrected chi connectivity index (χ4v) is 2.95. The van der Waals surface area contributed by atoms with Crippen LogP contribution in [0.5, 0.6) is 0 Å². The molecule has 1 N–H and O–H groups in total. The van der Waals surface area contributed by atoms with Crippen LogP contribution in [0.4, 0.5) is 4.39 Å². The first kappa shape index (κ1) is 12.6. The molecule has 1 saturated carbocycles. The molecule has 0 saturated heterocycles. The molecule has 1 aromatic carbocycles. The van der Waals surface area contributed by atoms with Crippen LogP contribution < -0.4 is 5.32 Å². The second-order valence-electron chi connectivity index (χ2n) is 5.01. The van der Waals surface area contributed by atoms with E-state index >= 15 is 0 Å². The van der Waals surface area contributed by atoms with Crippen LogP contribution in [0.3, 0.4) is 0 Å². The van der Waals surface area contributed by atoms with E-state index in [1.165, 1.54) is 31.7 Å². The van der Waals surface area contributed by atoms with Gasteiger partial charge in [0.2, 0.25) is 0 Å². The summed E-state index contributed by atoms with van der Waals surface area (Å²) in [7, 11) is 0. The normalized spacial score (nSPS) is 18.5. The van der Waals surface area contributed by atoms with Gasteiger partial charge in [0.25, 0.3) is 0 Å². The van der Waals surface area contributed by atoms with Gasteiger partial charge in [-0.05, 0) is 48.9 Å². The molecule has 94 valence electrons. The lowest BCUT2D eigenvalue weighted by Crippen LogP contribution is -2.25. The van der Waals surface area contributed by atoms with Gasteiger partial charge in [-0.25, -0.2) is 4.39 Å². The summed E-state index contributed by atoms with van der Waals surface area (Å²) < 4.78 is 13.3. The molecular formula is C15H22FN. The molecular weight excluding hydrogens is 213 g/mol. The molecule has 1 aliphatic carbocycles. The Morgan fingerprint density at radius 2 is 2.12 bits per heavy atom. The molecule has 1 aliphatic rings. The largest absolute Gasteiger partial charge is 0.316 e. The van der Waals surface area contributed by atoms with E-state index in [2.05, 4.69) is 18.3 Å². The molecule has 0 aromatic heterocycles. The molecule has 0 amide bonds. The number of rotatable bonds is 5. The fourth-order valence-electron chi connectivity index (χ4n) is 2.95. The second kappa shape index (κ2) is 6.15. The summed E-state index contributed by atoms with van der Waals surface area (Å²) >= 11 is 0. The molecule has 1 fully saturated rings. The minimum atomic E-state index is -0.109. The lowest BCUT2D eigenvalue weighted by molar-refractivity contribution is 0.413. The Morgan fingerprint density at radius 3 is 2.76 bits per heavy atom. The van der Waals surface area contributed by atoms with Crippen LogP contribution in [-0.2, 0) is 0 Å². The molecule has 0 bridgehead atoms. The van der Waals surface area contributed by atoms with E-state index in [-0.39, 0.29) is 5.82 Å². The molecule has 0 heterocycles. The third-order valence-corrected chi connectivity index (χ3v) is 3.86. The zero-order valence-electron chi connectivity index (χ0n) is 10.6. The van der Waals surface area contributed by atoms with Gasteiger partial charge in [-0.3, -0.25) is 0 Å². The first-order valence-corrected chi connectivity index (χ1v) is 6.77. The summed E-state index contributed by atoms with van der Waals surface area (Å²) in [4.78, 5) is 0. The third kappa shape index (κ3) is 3.29. The van der Waals surface area contributed by atoms with Gasteiger partial charge in [0.1, 0.15) is 5.82 Å². The summed E-state index contributed by atoms with van der Waals surface area (Å²) in [6.07, 6.45) is 5.27. The summed E-state index contributed by atoms with van der Waals surface area (Å²) in [5.41, 5.74) is 1.16. The van der Waals surface area contributed by atoms with Crippen molar-refractivity contribution in [3.05, 3.63) is 35.6 Å². The van der Waals surface area contributed by atoms with E-state index in [0.29, 0.717) is 5.92 Å². The van der Waals surface area contributed by atoms with Gasteiger partial charge >= 0.3 is 0 Å². The zero-order valence-corrected chi connectivity index (χ0v) is 10.6. The van der Waals surface area contributed by atoms with Crippen LogP contribution in [0.1, 0.15) is 44.1 Å². The SMILES string of the molecule is CCNCC(c1cccc(F)c1)C1CCCC1. The molecule has 2 rings (SSSR count). The number of nitrogens with one attached hydrogen (secondary N) is 1. The molecule has 2 heteroatoms. The minimum absolute atomic E-state index is 0.109. The van der Waals surface area contributed by atoms with E-state index in [9.17, 15) is 4.39 Å². The second-order valence-corrected chi connectivity index (χ2v) is 5.01. The number of likely N-dealkylation sites (N-methyl/N-ethyl adjacent to an activating group) is 1. The predicted octanol–water partition coefficient (Wildman–Crippen LogP) is 3.71. The van der Waals surface area contributed by atoms with Crippen molar-refractivity contribution in [1.82, 2.24) is 5.32 Å². The highest BCUT2D eigenvalue weighted by atomic mass is 19.1. The Balaban J connectivity index is 2.13. The fraction of sp³-hybridized carbons (Fsp3) is 0.600. The van der Waals surface area contributed by atoms with Crippen LogP contribution in [0.25, 0.3) is 0 Å². The van der Waals surface area contributed by atoms with Gasteiger partial charge in [0, 0.05) is 6.54 Å². The Kier molecular flexibility index (Phi) is 4.55. The third-order valence-electron chi connectivity index (χ3n) is 3.86. The van der Waals surface area contributed by atoms with E-state index in [1.54, 1.807) is 6.07 Å². The highest BCUT2D eigenvalue weighted by Gasteiger charge is 2.26. The average molecular weight is 235 g/mol. The highest BCUT2D eigenvalue weighted by Crippen LogP contribution is 2.37. The van der Waals surface area contributed by atoms with Crippen LogP contribution in [0.2, 0.25) is 0 Å². The molecule has 0 aliphatic heterocycles. The Morgan fingerprint density at radius 1 is 1.35 bits per heavy atom. The smallest absolute Gasteiger partial charge is 0.123 e. The van der Waals surface area contributed by atoms with Crippen LogP contribution in [0, 0.1) is 11.7 Å². The average Bonchev–Trinajstić information content (AvgIpc) is 2.83. The lowest BCUT2D eigenvalue weighted by Gasteiger charge is -2.24. The van der Waals surface area contributed by atoms with Gasteiger partial charge in [0.15, 0.2) is 0 Å². The maximum Gasteiger partial charge on any atom is 0.123 e. The summed E-state index contributed by atoms with van der Waals surface area (Å²) in [6.45, 7) is 4.08. The monoisotopic (exact) mass is 235 g/mol. The topological polar surface area (TPSA) is 12.0 Å². The van der Waals surface area contributed by atoms with Crippen molar-refractivity contribution in [1.29, 1.82) is 0 Å². The summed E-state index contributed by atoms with van der Waals surface area (Å²) in [6, 6.07) is 7.14. The number of halogens is 1. The van der Waals surface area contributed by atoms with Gasteiger partial charge in [0.05, 0.1) is 0 Å². The van der Waals surface area contributed by atoms with E-state index < -0.39 is 0 Å². The van der Waals surface area contributed by atoms with Gasteiger partial charge in [-0.2, -0.15) is 0 Å². The van der Waals surface area contributed by atoms with Crippen molar-refractivity contribution in [2.45, 2.75) is 38.5 Å². The molecule has 1 atom stereocenters. The van der Waals surface area contributed by atoms with Crippen molar-refractivity contribution >= 4 is 0 Å². The maximum atomic E-state index is 13.3. The minimum Gasteiger partial charge on any atom is -0.316 e. The predicted molar refractivity (Wildman–Crippen MR) is 69.6 cm³/mol. The standard InChI is InChI=1S/C15H22FN/c1-2-17-11-15(12-6-3-4-7-12)13-8-5-9-14(16)10-13/h5,8-10,12,15,17H,2-4,6-7,11H2,1H3. The van der Waals surface area contributed by atoms with Crippen molar-refractivity contribution < 1.29 is 4.39 Å². The van der Waals surface area contributed by atoms with Gasteiger partial charge in [-0.15, -0.1) is 0 Å². The van der Waals surface area contributed by atoms with Gasteiger partial charge < -0.3 is 5.32 Å². The van der Waals surface area contributed by atoms with Gasteiger partial charge in [-0.1, -0.05) is 31.9 Å². The first-order chi connectivity index (χ1) is 8.31. The lowest BCUT2D eigenvalue weighted by atomic mass is 9.84. The Hall–Kier alpha value is -0.890. The molecule has 1 unspecified atom stereocenters. The van der Waals surface area contributed by atoms with E-state index in [1.807, 2.05) is 6.07 Å². The molecule has 1 aromatic rings. The molecule has 17 heavy (non-hydrogen) atoms. The van der Waals surface area contributed by atoms with Crippen LogP contribution in [-0.4, -0.2) is 13.1 Å². The van der Waals surface area contributed by atoms with Crippen molar-refractivity contribution in [3.8, 4) is 0 Å². The number of benzene rings is 1. The summed E-state index contributed by atoms with van der Waals surface area (Å²) in [5.74, 6) is 1.10. The zero-order chi connectivity index (χ0) is 12.1. The van der Waals surface area contributed by atoms with E-state index in [0.717, 1.165) is 24.6 Å². The first-order valence-electron chi connectivity index (χ1n) is 6.77. The van der Waals surface area contributed by atoms with Crippen LogP contribution >= 0.6 is 0 Å². The highest BCUT2D eigenvalue weighted by molar-refractivity contribution is 5.22. The van der Waals surface area contributed by atoms with Crippen molar-refractivity contribution in [3.63, 3.8) is 0 Å². The Labute approximate surface area is 103 Å². The van der Waals surface area contributed by atoms with E-state index in [4.69, 9.17) is 0 Å². The Bertz CT molecular complexity index is 345. The molecule has 0 radical (unpaired) electrons. The van der Waals surface area contributed by atoms with Crippen LogP contribution in [0.15, 0.2) is 24.3 Å². The quantitative estimate of drug-likeness (QED) is 0.820. The number of hydrogen-bond acceptors (Lipinski definition) is 1. The number of hydrogen-bond donors (Lipinski definition) is 1. The molecule has 0 spiro atoms.